The Morgan fingerprint density at radius 2 is 2.00 bits per heavy atom. The largest absolute Gasteiger partial charge is 0.310 e. The van der Waals surface area contributed by atoms with Crippen LogP contribution in [0.2, 0.25) is 0 Å². The highest BCUT2D eigenvalue weighted by Gasteiger charge is 2.13. The summed E-state index contributed by atoms with van der Waals surface area (Å²) in [5.74, 6) is 0. The average Bonchev–Trinajstić information content (AvgIpc) is 2.38. The molecule has 0 aliphatic carbocycles. The zero-order chi connectivity index (χ0) is 11.2. The summed E-state index contributed by atoms with van der Waals surface area (Å²) in [4.78, 5) is 0. The van der Waals surface area contributed by atoms with Crippen molar-refractivity contribution < 1.29 is 4.39 Å². The second-order valence-corrected chi connectivity index (χ2v) is 4.54. The third-order valence-electron chi connectivity index (χ3n) is 3.29. The number of benzene rings is 1. The van der Waals surface area contributed by atoms with E-state index >= 15 is 0 Å². The van der Waals surface area contributed by atoms with E-state index in [0.29, 0.717) is 12.5 Å². The number of nitrogens with one attached hydrogen (secondary N) is 1. The van der Waals surface area contributed by atoms with Crippen LogP contribution in [0, 0.1) is 0 Å². The Kier molecular flexibility index (Phi) is 4.34. The van der Waals surface area contributed by atoms with Crippen molar-refractivity contribution in [3.8, 4) is 0 Å². The van der Waals surface area contributed by atoms with Crippen molar-refractivity contribution in [1.29, 1.82) is 0 Å². The average molecular weight is 221 g/mol. The molecule has 0 radical (unpaired) electrons. The quantitative estimate of drug-likeness (QED) is 0.821. The standard InChI is InChI=1S/C14H20FN/c15-10-3-4-12-6-8-13(9-7-12)14-5-1-2-11-16-14/h6-9,14,16H,1-5,10-11H2. The Bertz CT molecular complexity index is 301. The number of piperidine rings is 1. The lowest BCUT2D eigenvalue weighted by molar-refractivity contribution is 0.412. The molecular weight excluding hydrogens is 201 g/mol. The third-order valence-corrected chi connectivity index (χ3v) is 3.29. The van der Waals surface area contributed by atoms with Crippen molar-refractivity contribution >= 4 is 0 Å². The molecule has 0 amide bonds. The molecule has 1 fully saturated rings. The monoisotopic (exact) mass is 221 g/mol. The van der Waals surface area contributed by atoms with Crippen molar-refractivity contribution in [3.05, 3.63) is 35.4 Å². The SMILES string of the molecule is FCCCc1ccc(C2CCCCN2)cc1. The van der Waals surface area contributed by atoms with Gasteiger partial charge in [-0.05, 0) is 43.4 Å². The molecule has 2 rings (SSSR count). The van der Waals surface area contributed by atoms with Gasteiger partial charge in [-0.15, -0.1) is 0 Å². The summed E-state index contributed by atoms with van der Waals surface area (Å²) >= 11 is 0. The van der Waals surface area contributed by atoms with E-state index in [1.165, 1.54) is 30.4 Å². The highest BCUT2D eigenvalue weighted by Crippen LogP contribution is 2.23. The van der Waals surface area contributed by atoms with Gasteiger partial charge in [0.05, 0.1) is 6.67 Å². The molecule has 0 aromatic heterocycles. The summed E-state index contributed by atoms with van der Waals surface area (Å²) in [6.07, 6.45) is 5.35. The first-order valence-corrected chi connectivity index (χ1v) is 6.28. The Morgan fingerprint density at radius 3 is 2.62 bits per heavy atom. The van der Waals surface area contributed by atoms with Crippen LogP contribution in [-0.2, 0) is 6.42 Å². The maximum atomic E-state index is 12.0. The number of alkyl halides is 1. The van der Waals surface area contributed by atoms with Gasteiger partial charge in [0.1, 0.15) is 0 Å². The normalized spacial score (nSPS) is 20.9. The lowest BCUT2D eigenvalue weighted by atomic mass is 9.96. The molecule has 1 heterocycles. The van der Waals surface area contributed by atoms with E-state index < -0.39 is 0 Å². The van der Waals surface area contributed by atoms with Crippen LogP contribution >= 0.6 is 0 Å². The number of aryl methyl sites for hydroxylation is 1. The third kappa shape index (κ3) is 3.05. The summed E-state index contributed by atoms with van der Waals surface area (Å²) in [7, 11) is 0. The molecule has 1 unspecified atom stereocenters. The number of hydrogen-bond acceptors (Lipinski definition) is 1. The van der Waals surface area contributed by atoms with Crippen LogP contribution < -0.4 is 5.32 Å². The van der Waals surface area contributed by atoms with Crippen molar-refractivity contribution in [2.45, 2.75) is 38.1 Å². The number of halogens is 1. The molecule has 1 nitrogen and oxygen atoms in total. The van der Waals surface area contributed by atoms with Crippen molar-refractivity contribution in [2.24, 2.45) is 0 Å². The number of rotatable bonds is 4. The van der Waals surface area contributed by atoms with E-state index in [2.05, 4.69) is 29.6 Å². The van der Waals surface area contributed by atoms with Crippen LogP contribution in [-0.4, -0.2) is 13.2 Å². The molecule has 16 heavy (non-hydrogen) atoms. The van der Waals surface area contributed by atoms with E-state index in [9.17, 15) is 4.39 Å². The molecule has 0 spiro atoms. The molecule has 0 bridgehead atoms. The first-order chi connectivity index (χ1) is 7.90. The predicted molar refractivity (Wildman–Crippen MR) is 65.3 cm³/mol. The van der Waals surface area contributed by atoms with Crippen LogP contribution in [0.3, 0.4) is 0 Å². The molecule has 1 aliphatic heterocycles. The molecule has 1 N–H and O–H groups in total. The summed E-state index contributed by atoms with van der Waals surface area (Å²) in [5.41, 5.74) is 2.63. The maximum absolute atomic E-state index is 12.0. The zero-order valence-corrected chi connectivity index (χ0v) is 9.71. The maximum Gasteiger partial charge on any atom is 0.0897 e. The molecular formula is C14H20FN. The summed E-state index contributed by atoms with van der Waals surface area (Å²) in [6.45, 7) is 0.917. The Morgan fingerprint density at radius 1 is 1.19 bits per heavy atom. The van der Waals surface area contributed by atoms with E-state index in [1.54, 1.807) is 0 Å². The van der Waals surface area contributed by atoms with E-state index in [-0.39, 0.29) is 6.67 Å². The zero-order valence-electron chi connectivity index (χ0n) is 9.71. The van der Waals surface area contributed by atoms with Gasteiger partial charge in [-0.3, -0.25) is 4.39 Å². The molecule has 88 valence electrons. The first kappa shape index (κ1) is 11.6. The molecule has 1 atom stereocenters. The van der Waals surface area contributed by atoms with Gasteiger partial charge in [0.2, 0.25) is 0 Å². The molecule has 1 aromatic rings. The molecule has 1 saturated heterocycles. The van der Waals surface area contributed by atoms with Crippen LogP contribution in [0.5, 0.6) is 0 Å². The minimum absolute atomic E-state index is 0.216. The second kappa shape index (κ2) is 6.00. The highest BCUT2D eigenvalue weighted by molar-refractivity contribution is 5.25. The van der Waals surface area contributed by atoms with Gasteiger partial charge in [0.15, 0.2) is 0 Å². The predicted octanol–water partition coefficient (Wildman–Crippen LogP) is 3.40. The number of hydrogen-bond donors (Lipinski definition) is 1. The minimum atomic E-state index is -0.216. The smallest absolute Gasteiger partial charge is 0.0897 e. The Hall–Kier alpha value is -0.890. The van der Waals surface area contributed by atoms with Gasteiger partial charge < -0.3 is 5.32 Å². The molecule has 1 aromatic carbocycles. The highest BCUT2D eigenvalue weighted by atomic mass is 19.1. The van der Waals surface area contributed by atoms with Crippen molar-refractivity contribution in [3.63, 3.8) is 0 Å². The fourth-order valence-electron chi connectivity index (χ4n) is 2.32. The van der Waals surface area contributed by atoms with Crippen molar-refractivity contribution in [2.75, 3.05) is 13.2 Å². The summed E-state index contributed by atoms with van der Waals surface area (Å²) in [5, 5.41) is 3.54. The lowest BCUT2D eigenvalue weighted by Crippen LogP contribution is -2.26. The fourth-order valence-corrected chi connectivity index (χ4v) is 2.32. The molecule has 2 heteroatoms. The fraction of sp³-hybridized carbons (Fsp3) is 0.571. The molecule has 1 aliphatic rings. The Balaban J connectivity index is 1.95. The van der Waals surface area contributed by atoms with E-state index in [1.807, 2.05) is 0 Å². The van der Waals surface area contributed by atoms with Crippen molar-refractivity contribution in [1.82, 2.24) is 5.32 Å². The lowest BCUT2D eigenvalue weighted by Gasteiger charge is -2.23. The van der Waals surface area contributed by atoms with Gasteiger partial charge in [-0.1, -0.05) is 30.7 Å². The first-order valence-electron chi connectivity index (χ1n) is 6.28. The van der Waals surface area contributed by atoms with E-state index in [4.69, 9.17) is 0 Å². The summed E-state index contributed by atoms with van der Waals surface area (Å²) in [6, 6.07) is 9.19. The van der Waals surface area contributed by atoms with Gasteiger partial charge in [-0.25, -0.2) is 0 Å². The Labute approximate surface area is 97.1 Å². The summed E-state index contributed by atoms with van der Waals surface area (Å²) < 4.78 is 12.0. The molecule has 0 saturated carbocycles. The van der Waals surface area contributed by atoms with Crippen LogP contribution in [0.4, 0.5) is 4.39 Å². The van der Waals surface area contributed by atoms with Gasteiger partial charge in [0.25, 0.3) is 0 Å². The van der Waals surface area contributed by atoms with Gasteiger partial charge in [-0.2, -0.15) is 0 Å². The van der Waals surface area contributed by atoms with Gasteiger partial charge >= 0.3 is 0 Å². The van der Waals surface area contributed by atoms with E-state index in [0.717, 1.165) is 13.0 Å². The topological polar surface area (TPSA) is 12.0 Å². The minimum Gasteiger partial charge on any atom is -0.310 e. The second-order valence-electron chi connectivity index (χ2n) is 4.54. The van der Waals surface area contributed by atoms with Crippen LogP contribution in [0.15, 0.2) is 24.3 Å². The van der Waals surface area contributed by atoms with Gasteiger partial charge in [0, 0.05) is 6.04 Å². The van der Waals surface area contributed by atoms with Crippen LogP contribution in [0.1, 0.15) is 42.9 Å². The van der Waals surface area contributed by atoms with Crippen LogP contribution in [0.25, 0.3) is 0 Å².